The van der Waals surface area contributed by atoms with Crippen molar-refractivity contribution in [2.75, 3.05) is 18.5 Å². The van der Waals surface area contributed by atoms with E-state index in [2.05, 4.69) is 10.3 Å². The number of urea groups is 1. The molecule has 1 heterocycles. The van der Waals surface area contributed by atoms with E-state index in [0.717, 1.165) is 12.0 Å². The maximum absolute atomic E-state index is 12.7. The summed E-state index contributed by atoms with van der Waals surface area (Å²) in [6, 6.07) is 12.2. The van der Waals surface area contributed by atoms with Crippen molar-refractivity contribution in [3.05, 3.63) is 48.7 Å². The number of pyridine rings is 1. The number of amides is 4. The van der Waals surface area contributed by atoms with Crippen molar-refractivity contribution in [3.63, 3.8) is 0 Å². The van der Waals surface area contributed by atoms with E-state index in [9.17, 15) is 19.6 Å². The van der Waals surface area contributed by atoms with Crippen LogP contribution in [-0.2, 0) is 9.59 Å². The van der Waals surface area contributed by atoms with Gasteiger partial charge >= 0.3 is 6.03 Å². The van der Waals surface area contributed by atoms with Crippen LogP contribution >= 0.6 is 0 Å². The lowest BCUT2D eigenvalue weighted by Crippen LogP contribution is -2.44. The summed E-state index contributed by atoms with van der Waals surface area (Å²) in [4.78, 5) is 42.9. The highest BCUT2D eigenvalue weighted by Gasteiger charge is 2.25. The molecule has 0 unspecified atom stereocenters. The number of nitrogens with one attached hydrogen (secondary N) is 1. The van der Waals surface area contributed by atoms with Gasteiger partial charge in [-0.2, -0.15) is 0 Å². The predicted octanol–water partition coefficient (Wildman–Crippen LogP) is 4.10. The molecule has 0 radical (unpaired) electrons. The minimum absolute atomic E-state index is 0.00367. The second-order valence-corrected chi connectivity index (χ2v) is 8.19. The number of benzene rings is 1. The van der Waals surface area contributed by atoms with Crippen LogP contribution in [0.3, 0.4) is 0 Å². The number of hydrogen-bond acceptors (Lipinski definition) is 5. The predicted molar refractivity (Wildman–Crippen MR) is 123 cm³/mol. The van der Waals surface area contributed by atoms with Gasteiger partial charge < -0.3 is 10.2 Å². The van der Waals surface area contributed by atoms with Crippen LogP contribution in [0.2, 0.25) is 0 Å². The molecule has 0 saturated carbocycles. The summed E-state index contributed by atoms with van der Waals surface area (Å²) < 4.78 is 0. The molecule has 0 aliphatic heterocycles. The van der Waals surface area contributed by atoms with Gasteiger partial charge in [0.05, 0.1) is 11.4 Å². The van der Waals surface area contributed by atoms with Crippen LogP contribution < -0.4 is 10.2 Å². The molecule has 32 heavy (non-hydrogen) atoms. The molecule has 0 bridgehead atoms. The van der Waals surface area contributed by atoms with Crippen LogP contribution in [0.1, 0.15) is 40.0 Å². The Morgan fingerprint density at radius 2 is 1.72 bits per heavy atom. The lowest BCUT2D eigenvalue weighted by Gasteiger charge is -2.21. The average molecular weight is 441 g/mol. The highest BCUT2D eigenvalue weighted by atomic mass is 16.5. The van der Waals surface area contributed by atoms with Crippen molar-refractivity contribution in [1.82, 2.24) is 15.4 Å². The van der Waals surface area contributed by atoms with E-state index in [1.165, 1.54) is 4.90 Å². The van der Waals surface area contributed by atoms with Crippen LogP contribution in [0.4, 0.5) is 10.5 Å². The van der Waals surface area contributed by atoms with Crippen molar-refractivity contribution in [2.45, 2.75) is 40.0 Å². The molecule has 0 fully saturated rings. The molecular formula is C24H32N4O4. The van der Waals surface area contributed by atoms with E-state index in [4.69, 9.17) is 0 Å². The Bertz CT molecular complexity index is 917. The molecule has 0 aliphatic carbocycles. The molecular weight excluding hydrogens is 408 g/mol. The minimum atomic E-state index is -0.937. The van der Waals surface area contributed by atoms with Crippen molar-refractivity contribution >= 4 is 23.5 Å². The van der Waals surface area contributed by atoms with Gasteiger partial charge in [0, 0.05) is 37.7 Å². The standard InChI is InChI=1S/C24H32N4O4/c1-17(2)12-13-18(3)23(30)28(32)24(31)26-16-14-21(29)27(4)20-11-8-15-25-22(20)19-9-6-5-7-10-19/h5-11,15,17-18,32H,12-14,16H2,1-4H3,(H,26,31)/t18-/m0/s1. The number of rotatable bonds is 9. The van der Waals surface area contributed by atoms with Crippen LogP contribution in [0, 0.1) is 11.8 Å². The molecule has 0 saturated heterocycles. The van der Waals surface area contributed by atoms with Crippen LogP contribution in [0.15, 0.2) is 48.7 Å². The van der Waals surface area contributed by atoms with Gasteiger partial charge in [0.25, 0.3) is 5.91 Å². The zero-order valence-electron chi connectivity index (χ0n) is 19.1. The van der Waals surface area contributed by atoms with Crippen LogP contribution in [0.5, 0.6) is 0 Å². The summed E-state index contributed by atoms with van der Waals surface area (Å²) in [6.45, 7) is 5.75. The SMILES string of the molecule is CC(C)CC[C@H](C)C(=O)N(O)C(=O)NCCC(=O)N(C)c1cccnc1-c1ccccc1. The smallest absolute Gasteiger partial charge is 0.335 e. The van der Waals surface area contributed by atoms with Crippen LogP contribution in [-0.4, -0.2) is 46.7 Å². The lowest BCUT2D eigenvalue weighted by atomic mass is 9.99. The number of imide groups is 1. The summed E-state index contributed by atoms with van der Waals surface area (Å²) in [5, 5.41) is 12.4. The van der Waals surface area contributed by atoms with Crippen molar-refractivity contribution in [1.29, 1.82) is 0 Å². The molecule has 1 aromatic heterocycles. The molecule has 8 nitrogen and oxygen atoms in total. The Labute approximate surface area is 189 Å². The maximum Gasteiger partial charge on any atom is 0.348 e. The first kappa shape index (κ1) is 25.0. The van der Waals surface area contributed by atoms with E-state index in [0.29, 0.717) is 23.7 Å². The van der Waals surface area contributed by atoms with E-state index in [1.54, 1.807) is 32.3 Å². The number of carbonyl (C=O) groups is 3. The molecule has 4 amide bonds. The normalized spacial score (nSPS) is 11.7. The highest BCUT2D eigenvalue weighted by Crippen LogP contribution is 2.28. The number of carbonyl (C=O) groups excluding carboxylic acids is 3. The van der Waals surface area contributed by atoms with Gasteiger partial charge in [-0.25, -0.2) is 4.79 Å². The van der Waals surface area contributed by atoms with E-state index in [1.807, 2.05) is 44.2 Å². The maximum atomic E-state index is 12.7. The van der Waals surface area contributed by atoms with Gasteiger partial charge in [0.1, 0.15) is 0 Å². The highest BCUT2D eigenvalue weighted by molar-refractivity contribution is 5.97. The summed E-state index contributed by atoms with van der Waals surface area (Å²) in [5.74, 6) is -0.939. The number of hydrogen-bond donors (Lipinski definition) is 2. The Balaban J connectivity index is 1.91. The zero-order valence-corrected chi connectivity index (χ0v) is 19.1. The van der Waals surface area contributed by atoms with Gasteiger partial charge in [-0.1, -0.05) is 57.5 Å². The zero-order chi connectivity index (χ0) is 23.7. The van der Waals surface area contributed by atoms with Crippen LogP contribution in [0.25, 0.3) is 11.3 Å². The monoisotopic (exact) mass is 440 g/mol. The quantitative estimate of drug-likeness (QED) is 0.451. The lowest BCUT2D eigenvalue weighted by molar-refractivity contribution is -0.157. The second-order valence-electron chi connectivity index (χ2n) is 8.19. The molecule has 1 aromatic carbocycles. The first-order chi connectivity index (χ1) is 15.2. The third-order valence-corrected chi connectivity index (χ3v) is 5.18. The molecule has 8 heteroatoms. The number of aromatic nitrogens is 1. The largest absolute Gasteiger partial charge is 0.348 e. The van der Waals surface area contributed by atoms with E-state index >= 15 is 0 Å². The number of nitrogens with zero attached hydrogens (tertiary/aromatic N) is 3. The first-order valence-corrected chi connectivity index (χ1v) is 10.8. The fourth-order valence-electron chi connectivity index (χ4n) is 3.15. The number of hydroxylamine groups is 2. The van der Waals surface area contributed by atoms with Crippen molar-refractivity contribution in [3.8, 4) is 11.3 Å². The Morgan fingerprint density at radius 1 is 1.03 bits per heavy atom. The molecule has 0 aliphatic rings. The Kier molecular flexibility index (Phi) is 9.34. The van der Waals surface area contributed by atoms with Gasteiger partial charge in [-0.3, -0.25) is 19.8 Å². The van der Waals surface area contributed by atoms with Gasteiger partial charge in [-0.15, -0.1) is 5.06 Å². The fourth-order valence-corrected chi connectivity index (χ4v) is 3.15. The molecule has 2 N–H and O–H groups in total. The topological polar surface area (TPSA) is 103 Å². The minimum Gasteiger partial charge on any atom is -0.335 e. The third-order valence-electron chi connectivity index (χ3n) is 5.18. The number of anilines is 1. The molecule has 172 valence electrons. The summed E-state index contributed by atoms with van der Waals surface area (Å²) in [7, 11) is 1.64. The van der Waals surface area contributed by atoms with Gasteiger partial charge in [-0.05, 0) is 24.5 Å². The van der Waals surface area contributed by atoms with Crippen molar-refractivity contribution in [2.24, 2.45) is 11.8 Å². The molecule has 2 aromatic rings. The summed E-state index contributed by atoms with van der Waals surface area (Å²) >= 11 is 0. The Morgan fingerprint density at radius 3 is 2.38 bits per heavy atom. The second kappa shape index (κ2) is 12.0. The average Bonchev–Trinajstić information content (AvgIpc) is 2.81. The summed E-state index contributed by atoms with van der Waals surface area (Å²) in [6.07, 6.45) is 3.07. The van der Waals surface area contributed by atoms with E-state index < -0.39 is 17.9 Å². The van der Waals surface area contributed by atoms with Gasteiger partial charge in [0.15, 0.2) is 0 Å². The molecule has 1 atom stereocenters. The Hall–Kier alpha value is -3.26. The van der Waals surface area contributed by atoms with E-state index in [-0.39, 0.29) is 23.9 Å². The van der Waals surface area contributed by atoms with Gasteiger partial charge in [0.2, 0.25) is 5.91 Å². The fraction of sp³-hybridized carbons (Fsp3) is 0.417. The molecule has 0 spiro atoms. The van der Waals surface area contributed by atoms with Crippen molar-refractivity contribution < 1.29 is 19.6 Å². The first-order valence-electron chi connectivity index (χ1n) is 10.8. The third kappa shape index (κ3) is 6.88. The molecule has 2 rings (SSSR count). The summed E-state index contributed by atoms with van der Waals surface area (Å²) in [5.41, 5.74) is 2.21.